The van der Waals surface area contributed by atoms with Crippen molar-refractivity contribution >= 4 is 5.91 Å². The fourth-order valence-electron chi connectivity index (χ4n) is 2.11. The number of ether oxygens (including phenoxy) is 1. The average Bonchev–Trinajstić information content (AvgIpc) is 2.90. The van der Waals surface area contributed by atoms with Crippen molar-refractivity contribution in [2.75, 3.05) is 13.2 Å². The highest BCUT2D eigenvalue weighted by atomic mass is 16.5. The fourth-order valence-corrected chi connectivity index (χ4v) is 2.11. The summed E-state index contributed by atoms with van der Waals surface area (Å²) in [6.45, 7) is 0.989. The molecule has 0 bridgehead atoms. The first-order chi connectivity index (χ1) is 9.25. The van der Waals surface area contributed by atoms with Crippen LogP contribution in [0.5, 0.6) is 5.75 Å². The molecule has 2 heterocycles. The van der Waals surface area contributed by atoms with Crippen LogP contribution in [0.25, 0.3) is 0 Å². The Bertz CT molecular complexity index is 593. The molecule has 1 aromatic carbocycles. The van der Waals surface area contributed by atoms with Crippen LogP contribution in [0.15, 0.2) is 41.2 Å². The molecule has 3 N–H and O–H groups in total. The minimum atomic E-state index is -0.319. The van der Waals surface area contributed by atoms with E-state index in [2.05, 4.69) is 5.32 Å². The predicted octanol–water partition coefficient (Wildman–Crippen LogP) is 1.45. The maximum absolute atomic E-state index is 11.9. The van der Waals surface area contributed by atoms with E-state index < -0.39 is 0 Å². The summed E-state index contributed by atoms with van der Waals surface area (Å²) >= 11 is 0. The van der Waals surface area contributed by atoms with Gasteiger partial charge in [-0.15, -0.1) is 0 Å². The molecule has 98 valence electrons. The largest absolute Gasteiger partial charge is 0.491 e. The molecular formula is C14H14N2O3. The molecule has 19 heavy (non-hydrogen) atoms. The van der Waals surface area contributed by atoms with Crippen molar-refractivity contribution < 1.29 is 13.9 Å². The number of rotatable bonds is 2. The second-order valence-corrected chi connectivity index (χ2v) is 4.39. The van der Waals surface area contributed by atoms with Gasteiger partial charge in [-0.25, -0.2) is 0 Å². The lowest BCUT2D eigenvalue weighted by atomic mass is 9.99. The maximum Gasteiger partial charge on any atom is 0.255 e. The number of hydrogen-bond acceptors (Lipinski definition) is 4. The first-order valence-electron chi connectivity index (χ1n) is 6.08. The number of fused-ring (bicyclic) bond motifs is 1. The summed E-state index contributed by atoms with van der Waals surface area (Å²) in [4.78, 5) is 11.9. The molecule has 0 fully saturated rings. The first kappa shape index (κ1) is 11.8. The Labute approximate surface area is 110 Å². The summed E-state index contributed by atoms with van der Waals surface area (Å²) in [6, 6.07) is 6.92. The predicted molar refractivity (Wildman–Crippen MR) is 69.0 cm³/mol. The molecule has 1 aliphatic heterocycles. The van der Waals surface area contributed by atoms with Crippen LogP contribution in [0.4, 0.5) is 0 Å². The molecule has 5 nitrogen and oxygen atoms in total. The van der Waals surface area contributed by atoms with E-state index in [0.29, 0.717) is 24.5 Å². The van der Waals surface area contributed by atoms with Gasteiger partial charge >= 0.3 is 0 Å². The van der Waals surface area contributed by atoms with Crippen molar-refractivity contribution in [2.45, 2.75) is 6.04 Å². The van der Waals surface area contributed by atoms with Gasteiger partial charge in [0, 0.05) is 5.56 Å². The fraction of sp³-hybridized carbons (Fsp3) is 0.214. The summed E-state index contributed by atoms with van der Waals surface area (Å²) in [7, 11) is 0. The Morgan fingerprint density at radius 1 is 1.26 bits per heavy atom. The van der Waals surface area contributed by atoms with Gasteiger partial charge in [0.05, 0.1) is 30.7 Å². The number of carbonyl (C=O) groups is 1. The van der Waals surface area contributed by atoms with Crippen molar-refractivity contribution in [1.82, 2.24) is 5.32 Å². The van der Waals surface area contributed by atoms with Crippen LogP contribution in [-0.4, -0.2) is 19.1 Å². The van der Waals surface area contributed by atoms with Crippen LogP contribution in [0.2, 0.25) is 0 Å². The van der Waals surface area contributed by atoms with E-state index in [1.165, 1.54) is 0 Å². The van der Waals surface area contributed by atoms with Gasteiger partial charge in [-0.1, -0.05) is 6.07 Å². The highest BCUT2D eigenvalue weighted by Gasteiger charge is 2.19. The molecule has 0 radical (unpaired) electrons. The lowest BCUT2D eigenvalue weighted by molar-refractivity contribution is 0.0957. The minimum absolute atomic E-state index is 0.131. The minimum Gasteiger partial charge on any atom is -0.491 e. The van der Waals surface area contributed by atoms with E-state index in [0.717, 1.165) is 11.1 Å². The van der Waals surface area contributed by atoms with Crippen molar-refractivity contribution in [3.8, 4) is 5.75 Å². The Balaban J connectivity index is 1.98. The molecule has 0 spiro atoms. The van der Waals surface area contributed by atoms with E-state index >= 15 is 0 Å². The Morgan fingerprint density at radius 3 is 2.95 bits per heavy atom. The molecule has 1 amide bonds. The van der Waals surface area contributed by atoms with Crippen LogP contribution in [-0.2, 0) is 0 Å². The van der Waals surface area contributed by atoms with Crippen molar-refractivity contribution in [3.63, 3.8) is 0 Å². The van der Waals surface area contributed by atoms with Crippen LogP contribution in [0.3, 0.4) is 0 Å². The Kier molecular flexibility index (Phi) is 2.97. The summed E-state index contributed by atoms with van der Waals surface area (Å²) in [5.41, 5.74) is 8.39. The quantitative estimate of drug-likeness (QED) is 0.854. The number of hydrogen-bond donors (Lipinski definition) is 2. The van der Waals surface area contributed by atoms with E-state index in [9.17, 15) is 4.79 Å². The highest BCUT2D eigenvalue weighted by molar-refractivity contribution is 5.97. The number of amides is 1. The van der Waals surface area contributed by atoms with E-state index in [4.69, 9.17) is 14.9 Å². The molecule has 5 heteroatoms. The third-order valence-electron chi connectivity index (χ3n) is 3.15. The molecule has 2 aromatic rings. The molecule has 1 unspecified atom stereocenters. The molecule has 0 aliphatic carbocycles. The average molecular weight is 258 g/mol. The van der Waals surface area contributed by atoms with Crippen molar-refractivity contribution in [1.29, 1.82) is 0 Å². The summed E-state index contributed by atoms with van der Waals surface area (Å²) < 4.78 is 10.5. The smallest absolute Gasteiger partial charge is 0.255 e. The highest BCUT2D eigenvalue weighted by Crippen LogP contribution is 2.27. The van der Waals surface area contributed by atoms with Crippen LogP contribution < -0.4 is 15.8 Å². The zero-order valence-corrected chi connectivity index (χ0v) is 10.3. The first-order valence-corrected chi connectivity index (χ1v) is 6.08. The third kappa shape index (κ3) is 2.20. The van der Waals surface area contributed by atoms with Crippen molar-refractivity contribution in [3.05, 3.63) is 53.5 Å². The van der Waals surface area contributed by atoms with Crippen LogP contribution in [0.1, 0.15) is 27.5 Å². The topological polar surface area (TPSA) is 77.5 Å². The van der Waals surface area contributed by atoms with Gasteiger partial charge < -0.3 is 20.2 Å². The summed E-state index contributed by atoms with van der Waals surface area (Å²) in [6.07, 6.45) is 3.18. The summed E-state index contributed by atoms with van der Waals surface area (Å²) in [5.74, 6) is 0.465. The van der Waals surface area contributed by atoms with Gasteiger partial charge in [0.2, 0.25) is 0 Å². The molecule has 0 saturated carbocycles. The normalized spacial score (nSPS) is 15.9. The monoisotopic (exact) mass is 258 g/mol. The number of benzene rings is 1. The van der Waals surface area contributed by atoms with Gasteiger partial charge in [0.25, 0.3) is 5.91 Å². The van der Waals surface area contributed by atoms with Crippen LogP contribution in [0, 0.1) is 0 Å². The van der Waals surface area contributed by atoms with E-state index in [1.807, 2.05) is 12.1 Å². The molecule has 1 atom stereocenters. The second-order valence-electron chi connectivity index (χ2n) is 4.39. The second kappa shape index (κ2) is 4.78. The molecule has 3 rings (SSSR count). The Morgan fingerprint density at radius 2 is 2.16 bits per heavy atom. The van der Waals surface area contributed by atoms with Crippen molar-refractivity contribution in [2.24, 2.45) is 5.73 Å². The maximum atomic E-state index is 11.9. The number of carbonyl (C=O) groups excluding carboxylic acids is 1. The van der Waals surface area contributed by atoms with Gasteiger partial charge in [0.15, 0.2) is 0 Å². The van der Waals surface area contributed by atoms with Gasteiger partial charge in [-0.2, -0.15) is 0 Å². The molecule has 0 saturated heterocycles. The Hall–Kier alpha value is -2.27. The zero-order chi connectivity index (χ0) is 13.2. The third-order valence-corrected chi connectivity index (χ3v) is 3.15. The summed E-state index contributed by atoms with van der Waals surface area (Å²) in [5, 5.41) is 2.78. The number of furan rings is 1. The van der Waals surface area contributed by atoms with E-state index in [-0.39, 0.29) is 11.9 Å². The number of nitrogens with one attached hydrogen (secondary N) is 1. The van der Waals surface area contributed by atoms with Crippen LogP contribution >= 0.6 is 0 Å². The zero-order valence-electron chi connectivity index (χ0n) is 10.3. The van der Waals surface area contributed by atoms with Gasteiger partial charge in [-0.05, 0) is 23.8 Å². The molecular weight excluding hydrogens is 244 g/mol. The van der Waals surface area contributed by atoms with Gasteiger partial charge in [-0.3, -0.25) is 4.79 Å². The number of nitrogens with two attached hydrogens (primary N) is 1. The SMILES string of the molecule is NC(c1ccoc1)c1ccc2c(c1)C(=O)NCCO2. The lowest BCUT2D eigenvalue weighted by Crippen LogP contribution is -2.24. The standard InChI is InChI=1S/C14H14N2O3/c15-13(10-3-5-18-8-10)9-1-2-12-11(7-9)14(17)16-4-6-19-12/h1-3,5,7-8,13H,4,6,15H2,(H,16,17). The van der Waals surface area contributed by atoms with E-state index in [1.54, 1.807) is 24.7 Å². The molecule has 1 aromatic heterocycles. The van der Waals surface area contributed by atoms with Gasteiger partial charge in [0.1, 0.15) is 12.4 Å². The lowest BCUT2D eigenvalue weighted by Gasteiger charge is -2.12. The molecule has 1 aliphatic rings.